The van der Waals surface area contributed by atoms with Crippen LogP contribution in [0.4, 0.5) is 11.4 Å². The van der Waals surface area contributed by atoms with Gasteiger partial charge in [-0.1, -0.05) is 42.0 Å². The second-order valence-electron chi connectivity index (χ2n) is 7.45. The number of nitrogens with one attached hydrogen (secondary N) is 1. The zero-order valence-corrected chi connectivity index (χ0v) is 18.3. The normalized spacial score (nSPS) is 15.7. The largest absolute Gasteiger partial charge is 0.497 e. The molecule has 0 aromatic heterocycles. The number of thioether (sulfide) groups is 1. The number of carbonyl (C=O) groups excluding carboxylic acids is 2. The highest BCUT2D eigenvalue weighted by molar-refractivity contribution is 7.99. The summed E-state index contributed by atoms with van der Waals surface area (Å²) in [5.74, 6) is 0.487. The fourth-order valence-corrected chi connectivity index (χ4v) is 4.82. The molecule has 2 amide bonds. The molecule has 6 heteroatoms. The third kappa shape index (κ3) is 4.91. The van der Waals surface area contributed by atoms with Gasteiger partial charge in [0.05, 0.1) is 12.8 Å². The molecule has 4 rings (SSSR count). The molecule has 0 saturated heterocycles. The summed E-state index contributed by atoms with van der Waals surface area (Å²) in [6, 6.07) is 23.2. The molecule has 0 radical (unpaired) electrons. The van der Waals surface area contributed by atoms with Gasteiger partial charge in [-0.25, -0.2) is 0 Å². The number of hydrogen-bond acceptors (Lipinski definition) is 4. The lowest BCUT2D eigenvalue weighted by atomic mass is 10.1. The summed E-state index contributed by atoms with van der Waals surface area (Å²) in [6.07, 6.45) is 0.309. The maximum Gasteiger partial charge on any atom is 0.244 e. The lowest BCUT2D eigenvalue weighted by Crippen LogP contribution is -2.38. The lowest BCUT2D eigenvalue weighted by molar-refractivity contribution is -0.121. The van der Waals surface area contributed by atoms with Gasteiger partial charge >= 0.3 is 0 Å². The predicted octanol–water partition coefficient (Wildman–Crippen LogP) is 5.21. The van der Waals surface area contributed by atoms with Gasteiger partial charge < -0.3 is 15.0 Å². The van der Waals surface area contributed by atoms with Crippen LogP contribution in [0.5, 0.6) is 5.75 Å². The number of para-hydroxylation sites is 1. The molecule has 0 spiro atoms. The summed E-state index contributed by atoms with van der Waals surface area (Å²) < 4.78 is 5.25. The molecule has 5 nitrogen and oxygen atoms in total. The number of aryl methyl sites for hydroxylation is 1. The number of ether oxygens (including phenoxy) is 1. The van der Waals surface area contributed by atoms with E-state index in [2.05, 4.69) is 5.32 Å². The van der Waals surface area contributed by atoms with Crippen molar-refractivity contribution in [3.8, 4) is 5.75 Å². The molecule has 0 unspecified atom stereocenters. The van der Waals surface area contributed by atoms with Gasteiger partial charge in [-0.3, -0.25) is 9.59 Å². The summed E-state index contributed by atoms with van der Waals surface area (Å²) in [5, 5.41) is 2.85. The Kier molecular flexibility index (Phi) is 6.28. The molecule has 0 saturated carbocycles. The molecular formula is C25H24N2O3S. The molecule has 158 valence electrons. The number of carbonyl (C=O) groups is 2. The number of hydrogen-bond donors (Lipinski definition) is 1. The third-order valence-corrected chi connectivity index (χ3v) is 6.53. The second kappa shape index (κ2) is 9.27. The molecule has 1 aliphatic rings. The molecule has 0 bridgehead atoms. The fraction of sp³-hybridized carbons (Fsp3) is 0.200. The molecule has 0 aliphatic carbocycles. The Balaban J connectivity index is 1.56. The molecule has 3 aromatic carbocycles. The molecule has 31 heavy (non-hydrogen) atoms. The van der Waals surface area contributed by atoms with E-state index in [0.717, 1.165) is 33.1 Å². The van der Waals surface area contributed by atoms with Crippen molar-refractivity contribution < 1.29 is 14.3 Å². The topological polar surface area (TPSA) is 58.6 Å². The molecule has 3 aromatic rings. The zero-order valence-electron chi connectivity index (χ0n) is 17.5. The summed E-state index contributed by atoms with van der Waals surface area (Å²) in [5.41, 5.74) is 3.67. The molecule has 1 aliphatic heterocycles. The van der Waals surface area contributed by atoms with E-state index in [1.54, 1.807) is 23.8 Å². The van der Waals surface area contributed by atoms with Crippen molar-refractivity contribution in [3.05, 3.63) is 83.9 Å². The van der Waals surface area contributed by atoms with Gasteiger partial charge in [0.25, 0.3) is 0 Å². The van der Waals surface area contributed by atoms with Crippen LogP contribution >= 0.6 is 11.8 Å². The Labute approximate surface area is 186 Å². The Bertz CT molecular complexity index is 1080. The maximum atomic E-state index is 13.2. The van der Waals surface area contributed by atoms with Crippen LogP contribution in [0.2, 0.25) is 0 Å². The molecule has 1 N–H and O–H groups in total. The highest BCUT2D eigenvalue weighted by atomic mass is 32.2. The number of anilines is 2. The van der Waals surface area contributed by atoms with E-state index >= 15 is 0 Å². The second-order valence-corrected chi connectivity index (χ2v) is 8.69. The Morgan fingerprint density at radius 3 is 2.48 bits per heavy atom. The number of methoxy groups -OCH3 is 1. The van der Waals surface area contributed by atoms with E-state index in [0.29, 0.717) is 6.42 Å². The van der Waals surface area contributed by atoms with Crippen LogP contribution in [0.1, 0.15) is 22.8 Å². The molecule has 1 heterocycles. The van der Waals surface area contributed by atoms with E-state index in [-0.39, 0.29) is 23.6 Å². The number of nitrogens with zero attached hydrogens (tertiary/aromatic N) is 1. The Morgan fingerprint density at radius 1 is 1.06 bits per heavy atom. The number of fused-ring (bicyclic) bond motifs is 1. The first-order valence-corrected chi connectivity index (χ1v) is 11.0. The van der Waals surface area contributed by atoms with Crippen molar-refractivity contribution in [2.75, 3.05) is 23.9 Å². The minimum atomic E-state index is -0.222. The monoisotopic (exact) mass is 432 g/mol. The van der Waals surface area contributed by atoms with E-state index in [1.165, 1.54) is 0 Å². The first kappa shape index (κ1) is 21.0. The molecule has 1 atom stereocenters. The van der Waals surface area contributed by atoms with Crippen LogP contribution in [-0.4, -0.2) is 25.5 Å². The van der Waals surface area contributed by atoms with Crippen LogP contribution in [-0.2, 0) is 9.59 Å². The minimum absolute atomic E-state index is 0.0282. The number of rotatable bonds is 5. The van der Waals surface area contributed by atoms with Gasteiger partial charge in [-0.05, 0) is 48.9 Å². The molecular weight excluding hydrogens is 408 g/mol. The van der Waals surface area contributed by atoms with Crippen molar-refractivity contribution in [2.45, 2.75) is 23.5 Å². The van der Waals surface area contributed by atoms with Crippen molar-refractivity contribution >= 4 is 35.0 Å². The SMILES string of the molecule is COc1ccc([C@@H]2CC(=O)N(CC(=O)Nc3ccc(C)cc3)c3ccccc3S2)cc1. The van der Waals surface area contributed by atoms with Gasteiger partial charge in [0.15, 0.2) is 0 Å². The van der Waals surface area contributed by atoms with Crippen LogP contribution in [0.3, 0.4) is 0 Å². The molecule has 0 fully saturated rings. The number of amides is 2. The van der Waals surface area contributed by atoms with E-state index in [1.807, 2.05) is 79.7 Å². The number of benzene rings is 3. The first-order chi connectivity index (χ1) is 15.0. The lowest BCUT2D eigenvalue weighted by Gasteiger charge is -2.22. The summed E-state index contributed by atoms with van der Waals surface area (Å²) in [4.78, 5) is 28.5. The smallest absolute Gasteiger partial charge is 0.244 e. The van der Waals surface area contributed by atoms with Gasteiger partial charge in [-0.15, -0.1) is 11.8 Å². The van der Waals surface area contributed by atoms with Crippen molar-refractivity contribution in [1.82, 2.24) is 0 Å². The maximum absolute atomic E-state index is 13.2. The van der Waals surface area contributed by atoms with Crippen LogP contribution < -0.4 is 15.0 Å². The minimum Gasteiger partial charge on any atom is -0.497 e. The van der Waals surface area contributed by atoms with Gasteiger partial charge in [0.1, 0.15) is 12.3 Å². The van der Waals surface area contributed by atoms with Gasteiger partial charge in [0, 0.05) is 22.3 Å². The highest BCUT2D eigenvalue weighted by Gasteiger charge is 2.30. The first-order valence-electron chi connectivity index (χ1n) is 10.1. The van der Waals surface area contributed by atoms with Crippen LogP contribution in [0, 0.1) is 6.92 Å². The van der Waals surface area contributed by atoms with E-state index in [4.69, 9.17) is 4.74 Å². The average molecular weight is 433 g/mol. The standard InChI is InChI=1S/C25H24N2O3S/c1-17-7-11-19(12-8-17)26-24(28)16-27-21-5-3-4-6-22(21)31-23(15-25(27)29)18-9-13-20(30-2)14-10-18/h3-14,23H,15-16H2,1-2H3,(H,26,28)/t23-/m0/s1. The highest BCUT2D eigenvalue weighted by Crippen LogP contribution is 2.45. The summed E-state index contributed by atoms with van der Waals surface area (Å²) >= 11 is 1.65. The Hall–Kier alpha value is -3.25. The van der Waals surface area contributed by atoms with Gasteiger partial charge in [-0.2, -0.15) is 0 Å². The van der Waals surface area contributed by atoms with Crippen molar-refractivity contribution in [1.29, 1.82) is 0 Å². The van der Waals surface area contributed by atoms with Gasteiger partial charge in [0.2, 0.25) is 11.8 Å². The van der Waals surface area contributed by atoms with E-state index in [9.17, 15) is 9.59 Å². The fourth-order valence-electron chi connectivity index (χ4n) is 3.54. The zero-order chi connectivity index (χ0) is 21.8. The van der Waals surface area contributed by atoms with Crippen LogP contribution in [0.15, 0.2) is 77.7 Å². The summed E-state index contributed by atoms with van der Waals surface area (Å²) in [6.45, 7) is 1.97. The third-order valence-electron chi connectivity index (χ3n) is 5.21. The average Bonchev–Trinajstić information content (AvgIpc) is 2.92. The summed E-state index contributed by atoms with van der Waals surface area (Å²) in [7, 11) is 1.63. The van der Waals surface area contributed by atoms with Crippen molar-refractivity contribution in [2.24, 2.45) is 0 Å². The quantitative estimate of drug-likeness (QED) is 0.601. The van der Waals surface area contributed by atoms with E-state index < -0.39 is 0 Å². The van der Waals surface area contributed by atoms with Crippen molar-refractivity contribution in [3.63, 3.8) is 0 Å². The Morgan fingerprint density at radius 2 is 1.77 bits per heavy atom. The predicted molar refractivity (Wildman–Crippen MR) is 125 cm³/mol. The van der Waals surface area contributed by atoms with Crippen LogP contribution in [0.25, 0.3) is 0 Å².